The van der Waals surface area contributed by atoms with Crippen molar-refractivity contribution < 1.29 is 8.42 Å². The summed E-state index contributed by atoms with van der Waals surface area (Å²) < 4.78 is 26.5. The summed E-state index contributed by atoms with van der Waals surface area (Å²) in [7, 11) is -3.65. The quantitative estimate of drug-likeness (QED) is 0.937. The first kappa shape index (κ1) is 13.2. The molecule has 0 spiro atoms. The molecule has 0 aliphatic rings. The number of halogens is 2. The summed E-state index contributed by atoms with van der Waals surface area (Å²) in [4.78, 5) is 0.168. The second kappa shape index (κ2) is 5.18. The lowest BCUT2D eigenvalue weighted by Crippen LogP contribution is -2.13. The SMILES string of the molecule is O=S(=O)(Nc1cccc(Cl)c1Cl)c1ccccc1. The van der Waals surface area contributed by atoms with E-state index in [1.165, 1.54) is 12.1 Å². The smallest absolute Gasteiger partial charge is 0.261 e. The summed E-state index contributed by atoms with van der Waals surface area (Å²) in [5.41, 5.74) is 0.257. The Morgan fingerprint density at radius 3 is 2.22 bits per heavy atom. The van der Waals surface area contributed by atoms with Crippen molar-refractivity contribution in [2.75, 3.05) is 4.72 Å². The average Bonchev–Trinajstić information content (AvgIpc) is 2.36. The van der Waals surface area contributed by atoms with Crippen LogP contribution in [0, 0.1) is 0 Å². The Balaban J connectivity index is 2.37. The molecule has 0 aromatic heterocycles. The van der Waals surface area contributed by atoms with Crippen LogP contribution in [0.2, 0.25) is 10.0 Å². The summed E-state index contributed by atoms with van der Waals surface area (Å²) >= 11 is 11.7. The highest BCUT2D eigenvalue weighted by molar-refractivity contribution is 7.92. The van der Waals surface area contributed by atoms with Crippen molar-refractivity contribution in [3.05, 3.63) is 58.6 Å². The first-order chi connectivity index (χ1) is 8.50. The van der Waals surface area contributed by atoms with Crippen LogP contribution in [0.4, 0.5) is 5.69 Å². The Hall–Kier alpha value is -1.23. The summed E-state index contributed by atoms with van der Waals surface area (Å²) in [5.74, 6) is 0. The molecule has 6 heteroatoms. The van der Waals surface area contributed by atoms with Crippen molar-refractivity contribution in [3.63, 3.8) is 0 Å². The minimum Gasteiger partial charge on any atom is -0.278 e. The maximum absolute atomic E-state index is 12.1. The van der Waals surface area contributed by atoms with E-state index in [1.54, 1.807) is 36.4 Å². The van der Waals surface area contributed by atoms with Gasteiger partial charge in [-0.25, -0.2) is 8.42 Å². The van der Waals surface area contributed by atoms with Gasteiger partial charge in [0.1, 0.15) is 0 Å². The molecule has 0 aliphatic carbocycles. The molecule has 2 aromatic carbocycles. The number of hydrogen-bond acceptors (Lipinski definition) is 2. The molecular formula is C12H9Cl2NO2S. The Kier molecular flexibility index (Phi) is 3.80. The van der Waals surface area contributed by atoms with Gasteiger partial charge in [0.05, 0.1) is 20.6 Å². The van der Waals surface area contributed by atoms with Gasteiger partial charge in [0.25, 0.3) is 10.0 Å². The lowest BCUT2D eigenvalue weighted by molar-refractivity contribution is 0.601. The van der Waals surface area contributed by atoms with Gasteiger partial charge in [-0.1, -0.05) is 47.5 Å². The molecule has 2 rings (SSSR count). The second-order valence-corrected chi connectivity index (χ2v) is 5.99. The van der Waals surface area contributed by atoms with Crippen LogP contribution in [0.5, 0.6) is 0 Å². The molecule has 3 nitrogen and oxygen atoms in total. The van der Waals surface area contributed by atoms with Crippen LogP contribution in [0.25, 0.3) is 0 Å². The van der Waals surface area contributed by atoms with Gasteiger partial charge in [-0.2, -0.15) is 0 Å². The molecule has 18 heavy (non-hydrogen) atoms. The number of nitrogens with one attached hydrogen (secondary N) is 1. The Labute approximate surface area is 115 Å². The monoisotopic (exact) mass is 301 g/mol. The van der Waals surface area contributed by atoms with Crippen LogP contribution >= 0.6 is 23.2 Å². The number of hydrogen-bond donors (Lipinski definition) is 1. The van der Waals surface area contributed by atoms with Crippen LogP contribution in [-0.2, 0) is 10.0 Å². The normalized spacial score (nSPS) is 11.2. The first-order valence-electron chi connectivity index (χ1n) is 5.02. The number of benzene rings is 2. The van der Waals surface area contributed by atoms with Gasteiger partial charge < -0.3 is 0 Å². The second-order valence-electron chi connectivity index (χ2n) is 3.52. The standard InChI is InChI=1S/C12H9Cl2NO2S/c13-10-7-4-8-11(12(10)14)15-18(16,17)9-5-2-1-3-6-9/h1-8,15H. The van der Waals surface area contributed by atoms with Crippen molar-refractivity contribution in [1.29, 1.82) is 0 Å². The van der Waals surface area contributed by atoms with Crippen LogP contribution < -0.4 is 4.72 Å². The van der Waals surface area contributed by atoms with E-state index in [-0.39, 0.29) is 15.6 Å². The maximum atomic E-state index is 12.1. The van der Waals surface area contributed by atoms with E-state index >= 15 is 0 Å². The molecule has 0 aliphatic heterocycles. The minimum absolute atomic E-state index is 0.168. The van der Waals surface area contributed by atoms with E-state index in [0.29, 0.717) is 5.02 Å². The topological polar surface area (TPSA) is 46.2 Å². The van der Waals surface area contributed by atoms with Gasteiger partial charge in [-0.05, 0) is 24.3 Å². The third kappa shape index (κ3) is 2.77. The molecule has 94 valence electrons. The molecule has 1 N–H and O–H groups in total. The molecule has 2 aromatic rings. The van der Waals surface area contributed by atoms with E-state index in [2.05, 4.69) is 4.72 Å². The van der Waals surface area contributed by atoms with Crippen LogP contribution in [0.1, 0.15) is 0 Å². The van der Waals surface area contributed by atoms with Crippen molar-refractivity contribution in [1.82, 2.24) is 0 Å². The summed E-state index contributed by atoms with van der Waals surface area (Å²) in [6.07, 6.45) is 0. The Morgan fingerprint density at radius 2 is 1.56 bits per heavy atom. The molecule has 0 unspecified atom stereocenters. The fourth-order valence-electron chi connectivity index (χ4n) is 1.39. The number of anilines is 1. The predicted octanol–water partition coefficient (Wildman–Crippen LogP) is 3.79. The molecule has 0 fully saturated rings. The predicted molar refractivity (Wildman–Crippen MR) is 73.7 cm³/mol. The lowest BCUT2D eigenvalue weighted by atomic mass is 10.3. The first-order valence-corrected chi connectivity index (χ1v) is 7.26. The highest BCUT2D eigenvalue weighted by Crippen LogP contribution is 2.30. The van der Waals surface area contributed by atoms with E-state index in [0.717, 1.165) is 0 Å². The van der Waals surface area contributed by atoms with Crippen molar-refractivity contribution in [2.24, 2.45) is 0 Å². The lowest BCUT2D eigenvalue weighted by Gasteiger charge is -2.10. The number of sulfonamides is 1. The fraction of sp³-hybridized carbons (Fsp3) is 0. The third-order valence-corrected chi connectivity index (χ3v) is 4.45. The van der Waals surface area contributed by atoms with Gasteiger partial charge >= 0.3 is 0 Å². The molecule has 0 atom stereocenters. The Bertz CT molecular complexity index is 657. The van der Waals surface area contributed by atoms with Gasteiger partial charge in [-0.15, -0.1) is 0 Å². The van der Waals surface area contributed by atoms with Gasteiger partial charge in [-0.3, -0.25) is 4.72 Å². The molecule has 0 radical (unpaired) electrons. The number of rotatable bonds is 3. The minimum atomic E-state index is -3.65. The van der Waals surface area contributed by atoms with Crippen LogP contribution in [0.3, 0.4) is 0 Å². The maximum Gasteiger partial charge on any atom is 0.261 e. The van der Waals surface area contributed by atoms with Crippen LogP contribution in [-0.4, -0.2) is 8.42 Å². The van der Waals surface area contributed by atoms with Crippen molar-refractivity contribution >= 4 is 38.9 Å². The van der Waals surface area contributed by atoms with Gasteiger partial charge in [0.15, 0.2) is 0 Å². The van der Waals surface area contributed by atoms with E-state index < -0.39 is 10.0 Å². The third-order valence-electron chi connectivity index (χ3n) is 2.25. The zero-order valence-corrected chi connectivity index (χ0v) is 11.4. The van der Waals surface area contributed by atoms with Gasteiger partial charge in [0, 0.05) is 0 Å². The average molecular weight is 302 g/mol. The van der Waals surface area contributed by atoms with Crippen molar-refractivity contribution in [3.8, 4) is 0 Å². The summed E-state index contributed by atoms with van der Waals surface area (Å²) in [5, 5.41) is 0.476. The van der Waals surface area contributed by atoms with E-state index in [1.807, 2.05) is 0 Å². The Morgan fingerprint density at radius 1 is 0.889 bits per heavy atom. The highest BCUT2D eigenvalue weighted by atomic mass is 35.5. The van der Waals surface area contributed by atoms with E-state index in [9.17, 15) is 8.42 Å². The van der Waals surface area contributed by atoms with Gasteiger partial charge in [0.2, 0.25) is 0 Å². The highest BCUT2D eigenvalue weighted by Gasteiger charge is 2.15. The molecule has 0 bridgehead atoms. The van der Waals surface area contributed by atoms with Crippen molar-refractivity contribution in [2.45, 2.75) is 4.90 Å². The molecule has 0 amide bonds. The van der Waals surface area contributed by atoms with E-state index in [4.69, 9.17) is 23.2 Å². The zero-order valence-electron chi connectivity index (χ0n) is 9.10. The largest absolute Gasteiger partial charge is 0.278 e. The fourth-order valence-corrected chi connectivity index (χ4v) is 2.88. The van der Waals surface area contributed by atoms with Crippen LogP contribution in [0.15, 0.2) is 53.4 Å². The summed E-state index contributed by atoms with van der Waals surface area (Å²) in [6.45, 7) is 0. The molecule has 0 saturated heterocycles. The summed E-state index contributed by atoms with van der Waals surface area (Å²) in [6, 6.07) is 12.8. The molecule has 0 saturated carbocycles. The zero-order chi connectivity index (χ0) is 13.2. The molecule has 0 heterocycles. The molecular weight excluding hydrogens is 293 g/mol.